The molecule has 0 fully saturated rings. The lowest BCUT2D eigenvalue weighted by molar-refractivity contribution is 0.174. The van der Waals surface area contributed by atoms with Crippen molar-refractivity contribution < 1.29 is 9.47 Å². The summed E-state index contributed by atoms with van der Waals surface area (Å²) in [6, 6.07) is 5.44. The number of nitrogens with zero attached hydrogens (tertiary/aromatic N) is 2. The van der Waals surface area contributed by atoms with E-state index >= 15 is 0 Å². The van der Waals surface area contributed by atoms with E-state index in [-0.39, 0.29) is 12.1 Å². The molecule has 0 atom stereocenters. The maximum atomic E-state index is 5.73. The highest BCUT2D eigenvalue weighted by atomic mass is 79.9. The van der Waals surface area contributed by atoms with Crippen LogP contribution in [0.2, 0.25) is 5.28 Å². The second kappa shape index (κ2) is 4.62. The molecule has 1 aliphatic heterocycles. The molecule has 0 spiro atoms. The molecule has 1 aliphatic rings. The summed E-state index contributed by atoms with van der Waals surface area (Å²) in [6.45, 7) is 0.213. The summed E-state index contributed by atoms with van der Waals surface area (Å²) < 4.78 is 11.6. The number of benzene rings is 1. The predicted octanol–water partition coefficient (Wildman–Crippen LogP) is 3.36. The van der Waals surface area contributed by atoms with E-state index in [0.717, 1.165) is 10.2 Å². The Morgan fingerprint density at radius 1 is 1.33 bits per heavy atom. The monoisotopic (exact) mass is 327 g/mol. The Balaban J connectivity index is 1.98. The molecular formula is C11H7BrClN3O2. The Morgan fingerprint density at radius 3 is 3.06 bits per heavy atom. The van der Waals surface area contributed by atoms with Crippen molar-refractivity contribution in [3.8, 4) is 11.5 Å². The first-order valence-corrected chi connectivity index (χ1v) is 6.24. The Hall–Kier alpha value is -1.53. The van der Waals surface area contributed by atoms with Crippen LogP contribution in [-0.4, -0.2) is 16.8 Å². The smallest absolute Gasteiger partial charge is 0.231 e. The fourth-order valence-corrected chi connectivity index (χ4v) is 2.20. The molecule has 0 bridgehead atoms. The summed E-state index contributed by atoms with van der Waals surface area (Å²) in [5, 5.41) is 3.30. The number of hydrogen-bond acceptors (Lipinski definition) is 5. The lowest BCUT2D eigenvalue weighted by atomic mass is 10.2. The minimum absolute atomic E-state index is 0.184. The van der Waals surface area contributed by atoms with Gasteiger partial charge in [0.05, 0.1) is 5.69 Å². The van der Waals surface area contributed by atoms with Crippen LogP contribution in [0.25, 0.3) is 0 Å². The average Bonchev–Trinajstić information content (AvgIpc) is 2.77. The fraction of sp³-hybridized carbons (Fsp3) is 0.0909. The van der Waals surface area contributed by atoms with Crippen LogP contribution in [0.3, 0.4) is 0 Å². The van der Waals surface area contributed by atoms with Gasteiger partial charge in [-0.3, -0.25) is 0 Å². The van der Waals surface area contributed by atoms with Gasteiger partial charge in [-0.15, -0.1) is 0 Å². The molecule has 1 N–H and O–H groups in total. The maximum Gasteiger partial charge on any atom is 0.231 e. The molecule has 0 aliphatic carbocycles. The normalized spacial score (nSPS) is 12.6. The van der Waals surface area contributed by atoms with Crippen molar-refractivity contribution in [2.75, 3.05) is 12.1 Å². The van der Waals surface area contributed by atoms with E-state index in [2.05, 4.69) is 31.2 Å². The van der Waals surface area contributed by atoms with E-state index in [4.69, 9.17) is 21.1 Å². The Kier molecular flexibility index (Phi) is 2.97. The molecule has 0 radical (unpaired) electrons. The van der Waals surface area contributed by atoms with Crippen LogP contribution in [0.15, 0.2) is 28.9 Å². The minimum atomic E-state index is 0.184. The largest absolute Gasteiger partial charge is 0.453 e. The number of fused-ring (bicyclic) bond motifs is 1. The van der Waals surface area contributed by atoms with Crippen molar-refractivity contribution in [3.63, 3.8) is 0 Å². The molecule has 18 heavy (non-hydrogen) atoms. The first kappa shape index (κ1) is 11.6. The highest BCUT2D eigenvalue weighted by Crippen LogP contribution is 2.42. The number of nitrogens with one attached hydrogen (secondary N) is 1. The van der Waals surface area contributed by atoms with Gasteiger partial charge < -0.3 is 14.8 Å². The van der Waals surface area contributed by atoms with Gasteiger partial charge in [0.2, 0.25) is 12.1 Å². The number of aromatic nitrogens is 2. The number of halogens is 2. The standard InChI is InChI=1S/C11H7BrClN3O2/c12-6-3-7(10-8(4-6)17-5-18-10)15-9-1-2-14-11(13)16-9/h1-4H,5H2,(H,14,15,16). The molecule has 0 saturated carbocycles. The first-order chi connectivity index (χ1) is 8.72. The third kappa shape index (κ3) is 2.21. The zero-order chi connectivity index (χ0) is 12.5. The summed E-state index contributed by atoms with van der Waals surface area (Å²) in [5.74, 6) is 1.94. The molecule has 3 rings (SSSR count). The van der Waals surface area contributed by atoms with E-state index in [1.54, 1.807) is 12.3 Å². The highest BCUT2D eigenvalue weighted by molar-refractivity contribution is 9.10. The zero-order valence-corrected chi connectivity index (χ0v) is 11.3. The first-order valence-electron chi connectivity index (χ1n) is 5.07. The van der Waals surface area contributed by atoms with E-state index in [9.17, 15) is 0 Å². The van der Waals surface area contributed by atoms with Crippen LogP contribution < -0.4 is 14.8 Å². The highest BCUT2D eigenvalue weighted by Gasteiger charge is 2.19. The van der Waals surface area contributed by atoms with Gasteiger partial charge in [0.15, 0.2) is 11.5 Å². The van der Waals surface area contributed by atoms with Gasteiger partial charge in [-0.2, -0.15) is 0 Å². The van der Waals surface area contributed by atoms with Crippen LogP contribution in [0.4, 0.5) is 11.5 Å². The zero-order valence-electron chi connectivity index (χ0n) is 8.98. The average molecular weight is 329 g/mol. The van der Waals surface area contributed by atoms with Crippen molar-refractivity contribution >= 4 is 39.0 Å². The summed E-state index contributed by atoms with van der Waals surface area (Å²) >= 11 is 9.14. The molecule has 2 heterocycles. The van der Waals surface area contributed by atoms with Gasteiger partial charge in [0, 0.05) is 10.7 Å². The second-order valence-electron chi connectivity index (χ2n) is 3.52. The topological polar surface area (TPSA) is 56.3 Å². The molecule has 0 amide bonds. The van der Waals surface area contributed by atoms with E-state index in [0.29, 0.717) is 17.3 Å². The molecule has 0 unspecified atom stereocenters. The van der Waals surface area contributed by atoms with Gasteiger partial charge in [-0.1, -0.05) is 15.9 Å². The van der Waals surface area contributed by atoms with Crippen LogP contribution >= 0.6 is 27.5 Å². The molecule has 7 heteroatoms. The van der Waals surface area contributed by atoms with Crippen molar-refractivity contribution in [1.82, 2.24) is 9.97 Å². The van der Waals surface area contributed by atoms with E-state index in [1.807, 2.05) is 12.1 Å². The lowest BCUT2D eigenvalue weighted by Gasteiger charge is -2.09. The summed E-state index contributed by atoms with van der Waals surface area (Å²) in [6.07, 6.45) is 1.58. The van der Waals surface area contributed by atoms with Crippen molar-refractivity contribution in [2.45, 2.75) is 0 Å². The number of ether oxygens (including phenoxy) is 2. The summed E-state index contributed by atoms with van der Waals surface area (Å²) in [5.41, 5.74) is 0.756. The summed E-state index contributed by atoms with van der Waals surface area (Å²) in [7, 11) is 0. The predicted molar refractivity (Wildman–Crippen MR) is 70.6 cm³/mol. The second-order valence-corrected chi connectivity index (χ2v) is 4.78. The number of rotatable bonds is 2. The van der Waals surface area contributed by atoms with Crippen molar-refractivity contribution in [2.24, 2.45) is 0 Å². The van der Waals surface area contributed by atoms with Gasteiger partial charge in [-0.05, 0) is 29.8 Å². The molecule has 1 aromatic heterocycles. The van der Waals surface area contributed by atoms with Crippen molar-refractivity contribution in [1.29, 1.82) is 0 Å². The molecule has 1 aromatic carbocycles. The lowest BCUT2D eigenvalue weighted by Crippen LogP contribution is -1.97. The Bertz CT molecular complexity index is 609. The molecule has 2 aromatic rings. The SMILES string of the molecule is Clc1nccc(Nc2cc(Br)cc3c2OCO3)n1. The third-order valence-corrected chi connectivity index (χ3v) is 2.97. The van der Waals surface area contributed by atoms with Gasteiger partial charge >= 0.3 is 0 Å². The fourth-order valence-electron chi connectivity index (χ4n) is 1.61. The number of hydrogen-bond donors (Lipinski definition) is 1. The van der Waals surface area contributed by atoms with Crippen molar-refractivity contribution in [3.05, 3.63) is 34.2 Å². The quantitative estimate of drug-likeness (QED) is 0.857. The van der Waals surface area contributed by atoms with Crippen LogP contribution in [0, 0.1) is 0 Å². The molecule has 92 valence electrons. The van der Waals surface area contributed by atoms with Gasteiger partial charge in [0.25, 0.3) is 0 Å². The third-order valence-electron chi connectivity index (χ3n) is 2.33. The Labute approximate surface area is 116 Å². The Morgan fingerprint density at radius 2 is 2.22 bits per heavy atom. The molecule has 0 saturated heterocycles. The van der Waals surface area contributed by atoms with E-state index in [1.165, 1.54) is 0 Å². The molecule has 5 nitrogen and oxygen atoms in total. The van der Waals surface area contributed by atoms with E-state index < -0.39 is 0 Å². The summed E-state index contributed by atoms with van der Waals surface area (Å²) in [4.78, 5) is 7.88. The van der Waals surface area contributed by atoms with Crippen LogP contribution in [0.5, 0.6) is 11.5 Å². The number of anilines is 2. The van der Waals surface area contributed by atoms with Gasteiger partial charge in [-0.25, -0.2) is 9.97 Å². The minimum Gasteiger partial charge on any atom is -0.453 e. The van der Waals surface area contributed by atoms with Crippen LogP contribution in [0.1, 0.15) is 0 Å². The maximum absolute atomic E-state index is 5.73. The van der Waals surface area contributed by atoms with Crippen LogP contribution in [-0.2, 0) is 0 Å². The molecular weight excluding hydrogens is 321 g/mol. The van der Waals surface area contributed by atoms with Gasteiger partial charge in [0.1, 0.15) is 5.82 Å².